The van der Waals surface area contributed by atoms with Gasteiger partial charge >= 0.3 is 0 Å². The fraction of sp³-hybridized carbons (Fsp3) is 0.296. The number of fused-ring (bicyclic) bond motifs is 1. The van der Waals surface area contributed by atoms with Crippen LogP contribution in [0.15, 0.2) is 88.1 Å². The number of hydrogen-bond acceptors (Lipinski definition) is 6. The zero-order valence-electron chi connectivity index (χ0n) is 19.9. The number of hydrazine groups is 1. The van der Waals surface area contributed by atoms with E-state index >= 15 is 0 Å². The summed E-state index contributed by atoms with van der Waals surface area (Å²) < 4.78 is 41.8. The Morgan fingerprint density at radius 1 is 1.22 bits per heavy atom. The van der Waals surface area contributed by atoms with Crippen LogP contribution in [-0.2, 0) is 10.0 Å². The number of anilines is 1. The van der Waals surface area contributed by atoms with E-state index in [-0.39, 0.29) is 47.8 Å². The number of nitriles is 1. The molecule has 2 aliphatic carbocycles. The van der Waals surface area contributed by atoms with Crippen LogP contribution in [0.1, 0.15) is 25.3 Å². The SMILES string of the molecule is C[C@H]1C2=CNN(c3ccc(F)cc3)C2=CC2=C1[C@@H](CN(CCO)S(=O)(=O)c1ccccc1C#N)CC2. The molecule has 2 aromatic carbocycles. The number of hydrogen-bond donors (Lipinski definition) is 2. The van der Waals surface area contributed by atoms with Gasteiger partial charge in [-0.1, -0.05) is 24.6 Å². The lowest BCUT2D eigenvalue weighted by atomic mass is 9.80. The second-order valence-corrected chi connectivity index (χ2v) is 11.1. The lowest BCUT2D eigenvalue weighted by Gasteiger charge is -2.32. The molecule has 0 amide bonds. The predicted molar refractivity (Wildman–Crippen MR) is 134 cm³/mol. The van der Waals surface area contributed by atoms with Crippen LogP contribution in [0.5, 0.6) is 0 Å². The molecule has 0 spiro atoms. The fourth-order valence-electron chi connectivity index (χ4n) is 5.50. The lowest BCUT2D eigenvalue weighted by Crippen LogP contribution is -2.38. The quantitative estimate of drug-likeness (QED) is 0.593. The Balaban J connectivity index is 1.45. The minimum atomic E-state index is -3.97. The minimum Gasteiger partial charge on any atom is -0.395 e. The van der Waals surface area contributed by atoms with Crippen LogP contribution >= 0.6 is 0 Å². The third kappa shape index (κ3) is 4.11. The average molecular weight is 507 g/mol. The number of sulfonamides is 1. The van der Waals surface area contributed by atoms with Gasteiger partial charge in [0.25, 0.3) is 0 Å². The van der Waals surface area contributed by atoms with Gasteiger partial charge in [0, 0.05) is 30.8 Å². The molecule has 186 valence electrons. The molecule has 0 saturated carbocycles. The van der Waals surface area contributed by atoms with Crippen molar-refractivity contribution in [1.82, 2.24) is 9.73 Å². The molecule has 1 heterocycles. The van der Waals surface area contributed by atoms with Gasteiger partial charge < -0.3 is 10.5 Å². The number of benzene rings is 2. The van der Waals surface area contributed by atoms with Crippen LogP contribution in [-0.4, -0.2) is 37.5 Å². The van der Waals surface area contributed by atoms with Crippen molar-refractivity contribution in [2.45, 2.75) is 24.7 Å². The molecule has 3 aliphatic rings. The van der Waals surface area contributed by atoms with E-state index in [0.717, 1.165) is 29.8 Å². The summed E-state index contributed by atoms with van der Waals surface area (Å²) in [5.41, 5.74) is 8.69. The Morgan fingerprint density at radius 3 is 2.69 bits per heavy atom. The second-order valence-electron chi connectivity index (χ2n) is 9.20. The zero-order valence-corrected chi connectivity index (χ0v) is 20.7. The van der Waals surface area contributed by atoms with Gasteiger partial charge in [0.05, 0.1) is 28.5 Å². The van der Waals surface area contributed by atoms with Crippen molar-refractivity contribution >= 4 is 15.7 Å². The largest absolute Gasteiger partial charge is 0.395 e. The Labute approximate surface area is 210 Å². The topological polar surface area (TPSA) is 96.7 Å². The molecule has 2 atom stereocenters. The molecule has 2 aromatic rings. The second kappa shape index (κ2) is 9.54. The van der Waals surface area contributed by atoms with Crippen molar-refractivity contribution in [2.75, 3.05) is 24.7 Å². The van der Waals surface area contributed by atoms with Crippen molar-refractivity contribution < 1.29 is 17.9 Å². The van der Waals surface area contributed by atoms with Crippen molar-refractivity contribution in [2.24, 2.45) is 11.8 Å². The molecule has 0 radical (unpaired) electrons. The van der Waals surface area contributed by atoms with Crippen LogP contribution in [0.3, 0.4) is 0 Å². The number of aliphatic hydroxyl groups is 1. The van der Waals surface area contributed by atoms with E-state index in [4.69, 9.17) is 0 Å². The molecule has 1 aliphatic heterocycles. The fourth-order valence-corrected chi connectivity index (χ4v) is 7.11. The van der Waals surface area contributed by atoms with E-state index in [1.54, 1.807) is 24.3 Å². The van der Waals surface area contributed by atoms with Crippen molar-refractivity contribution in [3.05, 3.63) is 94.6 Å². The highest BCUT2D eigenvalue weighted by atomic mass is 32.2. The summed E-state index contributed by atoms with van der Waals surface area (Å²) >= 11 is 0. The molecular formula is C27H27FN4O3S. The first kappa shape index (κ1) is 24.3. The number of rotatable bonds is 7. The zero-order chi connectivity index (χ0) is 25.4. The summed E-state index contributed by atoms with van der Waals surface area (Å²) in [6, 6.07) is 14.4. The van der Waals surface area contributed by atoms with Gasteiger partial charge in [-0.3, -0.25) is 5.01 Å². The first-order valence-electron chi connectivity index (χ1n) is 11.9. The number of nitrogens with one attached hydrogen (secondary N) is 1. The van der Waals surface area contributed by atoms with Crippen molar-refractivity contribution in [3.8, 4) is 6.07 Å². The summed E-state index contributed by atoms with van der Waals surface area (Å²) in [4.78, 5) is -0.0373. The summed E-state index contributed by atoms with van der Waals surface area (Å²) in [6.07, 6.45) is 5.71. The molecule has 0 unspecified atom stereocenters. The molecular weight excluding hydrogens is 479 g/mol. The summed E-state index contributed by atoms with van der Waals surface area (Å²) in [5.74, 6) is -0.236. The number of halogens is 1. The Morgan fingerprint density at radius 2 is 1.97 bits per heavy atom. The maximum absolute atomic E-state index is 13.5. The van der Waals surface area contributed by atoms with Gasteiger partial charge in [-0.2, -0.15) is 9.57 Å². The standard InChI is InChI=1S/C27H27FN4O3S/c1-18-24-16-30-32(23-10-8-22(28)9-11-23)25(24)14-19-6-7-21(27(18)19)17-31(12-13-33)36(34,35)26-5-3-2-4-20(26)15-29/h2-5,8-11,14,16,18,21,30,33H,6-7,12-13,17H2,1H3/t18-,21+/m0/s1. The van der Waals surface area contributed by atoms with E-state index in [9.17, 15) is 23.2 Å². The van der Waals surface area contributed by atoms with E-state index < -0.39 is 10.0 Å². The summed E-state index contributed by atoms with van der Waals surface area (Å²) in [5, 5.41) is 21.0. The number of allylic oxidation sites excluding steroid dienone is 3. The maximum atomic E-state index is 13.5. The molecule has 0 bridgehead atoms. The van der Waals surface area contributed by atoms with Gasteiger partial charge in [0.15, 0.2) is 0 Å². The Hall–Kier alpha value is -3.45. The maximum Gasteiger partial charge on any atom is 0.244 e. The van der Waals surface area contributed by atoms with Gasteiger partial charge in [0.1, 0.15) is 11.9 Å². The highest BCUT2D eigenvalue weighted by molar-refractivity contribution is 7.89. The number of nitrogens with zero attached hydrogens (tertiary/aromatic N) is 3. The monoisotopic (exact) mass is 506 g/mol. The molecule has 2 N–H and O–H groups in total. The lowest BCUT2D eigenvalue weighted by molar-refractivity contribution is 0.243. The van der Waals surface area contributed by atoms with E-state index in [2.05, 4.69) is 18.4 Å². The molecule has 7 nitrogen and oxygen atoms in total. The molecule has 0 fully saturated rings. The Bertz CT molecular complexity index is 1420. The van der Waals surface area contributed by atoms with Crippen LogP contribution in [0.2, 0.25) is 0 Å². The number of aliphatic hydroxyl groups excluding tert-OH is 1. The van der Waals surface area contributed by atoms with Gasteiger partial charge in [-0.05, 0) is 66.8 Å². The van der Waals surface area contributed by atoms with Crippen LogP contribution in [0.4, 0.5) is 10.1 Å². The van der Waals surface area contributed by atoms with Gasteiger partial charge in [-0.25, -0.2) is 12.8 Å². The van der Waals surface area contributed by atoms with Crippen LogP contribution in [0, 0.1) is 29.0 Å². The Kier molecular flexibility index (Phi) is 6.43. The third-order valence-corrected chi connectivity index (χ3v) is 9.11. The average Bonchev–Trinajstić information content (AvgIpc) is 3.49. The van der Waals surface area contributed by atoms with Gasteiger partial charge in [-0.15, -0.1) is 0 Å². The molecule has 0 aromatic heterocycles. The molecule has 36 heavy (non-hydrogen) atoms. The predicted octanol–water partition coefficient (Wildman–Crippen LogP) is 3.83. The van der Waals surface area contributed by atoms with Crippen LogP contribution < -0.4 is 10.4 Å². The highest BCUT2D eigenvalue weighted by Crippen LogP contribution is 2.48. The third-order valence-electron chi connectivity index (χ3n) is 7.19. The molecule has 5 rings (SSSR count). The summed E-state index contributed by atoms with van der Waals surface area (Å²) in [6.45, 7) is 2.00. The molecule has 9 heteroatoms. The molecule has 0 saturated heterocycles. The first-order valence-corrected chi connectivity index (χ1v) is 13.4. The normalized spacial score (nSPS) is 21.0. The smallest absolute Gasteiger partial charge is 0.244 e. The van der Waals surface area contributed by atoms with Gasteiger partial charge in [0.2, 0.25) is 10.0 Å². The first-order chi connectivity index (χ1) is 17.3. The van der Waals surface area contributed by atoms with Crippen molar-refractivity contribution in [3.63, 3.8) is 0 Å². The van der Waals surface area contributed by atoms with E-state index in [0.29, 0.717) is 0 Å². The van der Waals surface area contributed by atoms with Crippen LogP contribution in [0.25, 0.3) is 0 Å². The van der Waals surface area contributed by atoms with Crippen molar-refractivity contribution in [1.29, 1.82) is 5.26 Å². The van der Waals surface area contributed by atoms with E-state index in [1.807, 2.05) is 17.3 Å². The summed E-state index contributed by atoms with van der Waals surface area (Å²) in [7, 11) is -3.97. The minimum absolute atomic E-state index is 0.0101. The van der Waals surface area contributed by atoms with E-state index in [1.165, 1.54) is 39.7 Å². The highest BCUT2D eigenvalue weighted by Gasteiger charge is 2.40.